The summed E-state index contributed by atoms with van der Waals surface area (Å²) in [5, 5.41) is 14.1. The molecular formula is C31H38N6O3. The number of carbonyl (C=O) groups is 3. The van der Waals surface area contributed by atoms with Crippen molar-refractivity contribution in [2.75, 3.05) is 0 Å². The summed E-state index contributed by atoms with van der Waals surface area (Å²) in [5.74, 6) is -0.664. The maximum Gasteiger partial charge on any atom is 0.247 e. The van der Waals surface area contributed by atoms with Crippen molar-refractivity contribution in [3.8, 4) is 5.69 Å². The summed E-state index contributed by atoms with van der Waals surface area (Å²) in [6, 6.07) is 13.1. The molecule has 1 saturated heterocycles. The van der Waals surface area contributed by atoms with Gasteiger partial charge in [0.25, 0.3) is 0 Å². The van der Waals surface area contributed by atoms with E-state index in [1.165, 1.54) is 11.1 Å². The van der Waals surface area contributed by atoms with Crippen molar-refractivity contribution in [3.63, 3.8) is 0 Å². The molecule has 1 aromatic heterocycles. The second-order valence-corrected chi connectivity index (χ2v) is 12.4. The minimum absolute atomic E-state index is 0.0719. The van der Waals surface area contributed by atoms with Gasteiger partial charge in [0.15, 0.2) is 0 Å². The molecule has 0 saturated carbocycles. The maximum atomic E-state index is 14.4. The molecule has 9 heteroatoms. The van der Waals surface area contributed by atoms with Crippen LogP contribution in [0.25, 0.3) is 5.69 Å². The number of rotatable bonds is 7. The molecule has 2 aliphatic rings. The highest BCUT2D eigenvalue weighted by Gasteiger charge is 2.49. The summed E-state index contributed by atoms with van der Waals surface area (Å²) in [7, 11) is 0. The monoisotopic (exact) mass is 542 g/mol. The van der Waals surface area contributed by atoms with Gasteiger partial charge in [-0.2, -0.15) is 0 Å². The van der Waals surface area contributed by atoms with Gasteiger partial charge in [-0.25, -0.2) is 4.68 Å². The first kappa shape index (κ1) is 27.6. The molecule has 3 unspecified atom stereocenters. The fourth-order valence-corrected chi connectivity index (χ4v) is 5.91. The van der Waals surface area contributed by atoms with Gasteiger partial charge in [0.05, 0.1) is 18.1 Å². The summed E-state index contributed by atoms with van der Waals surface area (Å²) >= 11 is 0. The predicted molar refractivity (Wildman–Crippen MR) is 151 cm³/mol. The van der Waals surface area contributed by atoms with Crippen molar-refractivity contribution in [3.05, 3.63) is 77.6 Å². The molecule has 9 nitrogen and oxygen atoms in total. The average molecular weight is 543 g/mol. The number of aromatic nitrogens is 3. The number of nitrogens with one attached hydrogen (secondary N) is 2. The molecular weight excluding hydrogens is 504 g/mol. The molecule has 1 aliphatic carbocycles. The number of benzene rings is 2. The molecule has 2 heterocycles. The first-order chi connectivity index (χ1) is 19.0. The Labute approximate surface area is 235 Å². The van der Waals surface area contributed by atoms with Crippen LogP contribution in [-0.2, 0) is 27.2 Å². The van der Waals surface area contributed by atoms with Crippen molar-refractivity contribution in [2.45, 2.75) is 77.5 Å². The number of hydrogen-bond acceptors (Lipinski definition) is 5. The first-order valence-electron chi connectivity index (χ1n) is 14.0. The molecule has 2 aromatic carbocycles. The van der Waals surface area contributed by atoms with Crippen LogP contribution in [0.2, 0.25) is 0 Å². The molecule has 3 aromatic rings. The minimum Gasteiger partial charge on any atom is -0.349 e. The lowest BCUT2D eigenvalue weighted by atomic mass is 9.87. The Bertz CT molecular complexity index is 1350. The van der Waals surface area contributed by atoms with E-state index in [2.05, 4.69) is 33.1 Å². The summed E-state index contributed by atoms with van der Waals surface area (Å²) in [6.07, 6.45) is 5.20. The van der Waals surface area contributed by atoms with E-state index < -0.39 is 23.7 Å². The van der Waals surface area contributed by atoms with Crippen molar-refractivity contribution in [2.24, 2.45) is 11.8 Å². The Morgan fingerprint density at radius 3 is 2.25 bits per heavy atom. The largest absolute Gasteiger partial charge is 0.349 e. The van der Waals surface area contributed by atoms with Gasteiger partial charge in [-0.05, 0) is 80.7 Å². The first-order valence-corrected chi connectivity index (χ1v) is 14.0. The van der Waals surface area contributed by atoms with Crippen LogP contribution in [0.5, 0.6) is 0 Å². The third-order valence-electron chi connectivity index (χ3n) is 7.63. The van der Waals surface area contributed by atoms with Crippen molar-refractivity contribution in [1.82, 2.24) is 30.5 Å². The van der Waals surface area contributed by atoms with E-state index in [4.69, 9.17) is 0 Å². The third-order valence-corrected chi connectivity index (χ3v) is 7.63. The van der Waals surface area contributed by atoms with Crippen molar-refractivity contribution in [1.29, 1.82) is 0 Å². The van der Waals surface area contributed by atoms with Crippen molar-refractivity contribution < 1.29 is 14.4 Å². The van der Waals surface area contributed by atoms with Gasteiger partial charge in [-0.1, -0.05) is 55.5 Å². The zero-order valence-corrected chi connectivity index (χ0v) is 23.8. The summed E-state index contributed by atoms with van der Waals surface area (Å²) < 4.78 is 1.63. The fraction of sp³-hybridized carbons (Fsp3) is 0.452. The van der Waals surface area contributed by atoms with Crippen LogP contribution in [0.15, 0.2) is 60.9 Å². The SMILES string of the molecule is CC(C)CC1C(=O)NC(C2Cc3ccccc3C2)C(=O)N1C(C(=O)NC(C)(C)C)c1ccc(-n2ccnn2)cc1. The fourth-order valence-electron chi connectivity index (χ4n) is 5.91. The standard InChI is InChI=1S/C31H38N6O3/c1-19(2)16-25-28(38)33-26(23-17-21-8-6-7-9-22(21)18-23)30(40)37(25)27(29(39)34-31(3,4)5)20-10-12-24(13-11-20)36-15-14-32-35-36/h6-15,19,23,25-27H,16-18H2,1-5H3,(H,33,38)(H,34,39). The Hall–Kier alpha value is -4.01. The highest BCUT2D eigenvalue weighted by molar-refractivity contribution is 6.00. The zero-order valence-electron chi connectivity index (χ0n) is 23.8. The van der Waals surface area contributed by atoms with Crippen LogP contribution in [-0.4, -0.2) is 55.2 Å². The number of piperazine rings is 1. The van der Waals surface area contributed by atoms with Crippen LogP contribution >= 0.6 is 0 Å². The summed E-state index contributed by atoms with van der Waals surface area (Å²) in [6.45, 7) is 9.76. The van der Waals surface area contributed by atoms with Crippen LogP contribution in [0.3, 0.4) is 0 Å². The highest BCUT2D eigenvalue weighted by atomic mass is 16.2. The minimum atomic E-state index is -0.974. The Balaban J connectivity index is 1.55. The lowest BCUT2D eigenvalue weighted by molar-refractivity contribution is -0.158. The topological polar surface area (TPSA) is 109 Å². The van der Waals surface area contributed by atoms with Crippen LogP contribution in [0, 0.1) is 11.8 Å². The van der Waals surface area contributed by atoms with E-state index in [0.29, 0.717) is 24.8 Å². The van der Waals surface area contributed by atoms with E-state index in [0.717, 1.165) is 5.69 Å². The molecule has 1 fully saturated rings. The van der Waals surface area contributed by atoms with Crippen LogP contribution < -0.4 is 10.6 Å². The smallest absolute Gasteiger partial charge is 0.247 e. The third kappa shape index (κ3) is 5.64. The number of fused-ring (bicyclic) bond motifs is 1. The van der Waals surface area contributed by atoms with Gasteiger partial charge in [-0.3, -0.25) is 14.4 Å². The summed E-state index contributed by atoms with van der Waals surface area (Å²) in [4.78, 5) is 43.7. The predicted octanol–water partition coefficient (Wildman–Crippen LogP) is 3.38. The number of carbonyl (C=O) groups excluding carboxylic acids is 3. The highest BCUT2D eigenvalue weighted by Crippen LogP contribution is 2.35. The molecule has 210 valence electrons. The van der Waals surface area contributed by atoms with Gasteiger partial charge >= 0.3 is 0 Å². The van der Waals surface area contributed by atoms with Gasteiger partial charge < -0.3 is 15.5 Å². The zero-order chi connectivity index (χ0) is 28.6. The molecule has 0 radical (unpaired) electrons. The van der Waals surface area contributed by atoms with E-state index in [1.54, 1.807) is 22.0 Å². The number of hydrogen-bond donors (Lipinski definition) is 2. The number of nitrogens with zero attached hydrogens (tertiary/aromatic N) is 4. The molecule has 40 heavy (non-hydrogen) atoms. The van der Waals surface area contributed by atoms with Crippen LogP contribution in [0.1, 0.15) is 63.8 Å². The van der Waals surface area contributed by atoms with Crippen LogP contribution in [0.4, 0.5) is 0 Å². The molecule has 0 spiro atoms. The van der Waals surface area contributed by atoms with E-state index in [9.17, 15) is 14.4 Å². The van der Waals surface area contributed by atoms with Gasteiger partial charge in [0.2, 0.25) is 17.7 Å². The average Bonchev–Trinajstić information content (AvgIpc) is 3.57. The Morgan fingerprint density at radius 2 is 1.70 bits per heavy atom. The second-order valence-electron chi connectivity index (χ2n) is 12.4. The summed E-state index contributed by atoms with van der Waals surface area (Å²) in [5.41, 5.74) is 3.29. The van der Waals surface area contributed by atoms with E-state index in [1.807, 2.05) is 71.0 Å². The van der Waals surface area contributed by atoms with E-state index >= 15 is 0 Å². The van der Waals surface area contributed by atoms with Gasteiger partial charge in [0, 0.05) is 5.54 Å². The Morgan fingerprint density at radius 1 is 1.05 bits per heavy atom. The van der Waals surface area contributed by atoms with E-state index in [-0.39, 0.29) is 29.6 Å². The van der Waals surface area contributed by atoms with Crippen molar-refractivity contribution >= 4 is 17.7 Å². The Kier molecular flexibility index (Phi) is 7.49. The lowest BCUT2D eigenvalue weighted by Crippen LogP contribution is -2.67. The lowest BCUT2D eigenvalue weighted by Gasteiger charge is -2.45. The number of amides is 3. The normalized spacial score (nSPS) is 20.4. The van der Waals surface area contributed by atoms with Gasteiger partial charge in [0.1, 0.15) is 18.1 Å². The molecule has 3 atom stereocenters. The second kappa shape index (κ2) is 10.9. The molecule has 2 N–H and O–H groups in total. The molecule has 0 bridgehead atoms. The van der Waals surface area contributed by atoms with Gasteiger partial charge in [-0.15, -0.1) is 5.10 Å². The molecule has 1 aliphatic heterocycles. The molecule has 5 rings (SSSR count). The maximum absolute atomic E-state index is 14.4. The molecule has 3 amide bonds. The quantitative estimate of drug-likeness (QED) is 0.476.